The van der Waals surface area contributed by atoms with Crippen molar-refractivity contribution in [3.8, 4) is 11.4 Å². The minimum atomic E-state index is -0.680. The monoisotopic (exact) mass is 305 g/mol. The molecule has 0 spiro atoms. The fourth-order valence-electron chi connectivity index (χ4n) is 2.21. The summed E-state index contributed by atoms with van der Waals surface area (Å²) in [6.07, 6.45) is 0. The number of fused-ring (bicyclic) bond motifs is 1. The third kappa shape index (κ3) is 2.34. The maximum absolute atomic E-state index is 13.6. The first kappa shape index (κ1) is 13.5. The molecule has 0 saturated carbocycles. The number of benzene rings is 2. The highest BCUT2D eigenvalue weighted by atomic mass is 35.5. The van der Waals surface area contributed by atoms with E-state index < -0.39 is 10.7 Å². The van der Waals surface area contributed by atoms with Crippen LogP contribution in [0, 0.1) is 22.9 Å². The summed E-state index contributed by atoms with van der Waals surface area (Å²) >= 11 is 5.90. The lowest BCUT2D eigenvalue weighted by molar-refractivity contribution is -0.385. The average molecular weight is 306 g/mol. The summed E-state index contributed by atoms with van der Waals surface area (Å²) in [4.78, 5) is 17.7. The average Bonchev–Trinajstić information content (AvgIpc) is 2.83. The lowest BCUT2D eigenvalue weighted by Gasteiger charge is -2.04. The number of rotatable bonds is 2. The summed E-state index contributed by atoms with van der Waals surface area (Å²) in [6, 6.07) is 7.23. The van der Waals surface area contributed by atoms with Crippen LogP contribution in [0.25, 0.3) is 22.4 Å². The van der Waals surface area contributed by atoms with Crippen LogP contribution in [0.2, 0.25) is 5.02 Å². The number of hydrogen-bond acceptors (Lipinski definition) is 3. The Morgan fingerprint density at radius 1 is 1.33 bits per heavy atom. The van der Waals surface area contributed by atoms with Crippen LogP contribution >= 0.6 is 11.6 Å². The molecular formula is C14H9ClFN3O2. The highest BCUT2D eigenvalue weighted by Crippen LogP contribution is 2.31. The second-order valence-corrected chi connectivity index (χ2v) is 5.04. The van der Waals surface area contributed by atoms with Crippen molar-refractivity contribution in [1.82, 2.24) is 9.97 Å². The lowest BCUT2D eigenvalue weighted by Crippen LogP contribution is -1.96. The van der Waals surface area contributed by atoms with Gasteiger partial charge >= 0.3 is 0 Å². The van der Waals surface area contributed by atoms with Gasteiger partial charge in [0.15, 0.2) is 0 Å². The minimum Gasteiger partial charge on any atom is -0.338 e. The molecule has 3 rings (SSSR count). The highest BCUT2D eigenvalue weighted by Gasteiger charge is 2.19. The van der Waals surface area contributed by atoms with Crippen molar-refractivity contribution < 1.29 is 9.31 Å². The Kier molecular flexibility index (Phi) is 3.10. The standard InChI is InChI=1S/C14H9ClFN3O2/c1-7-10(5-9(16)6-13(7)19(20)21)14-17-11-3-2-8(15)4-12(11)18-14/h2-6H,1H3,(H,17,18). The predicted octanol–water partition coefficient (Wildman–Crippen LogP) is 4.24. The van der Waals surface area contributed by atoms with Gasteiger partial charge in [0.2, 0.25) is 0 Å². The largest absolute Gasteiger partial charge is 0.338 e. The van der Waals surface area contributed by atoms with Crippen molar-refractivity contribution in [2.75, 3.05) is 0 Å². The number of aromatic amines is 1. The van der Waals surface area contributed by atoms with E-state index in [1.54, 1.807) is 25.1 Å². The zero-order chi connectivity index (χ0) is 15.1. The first-order chi connectivity index (χ1) is 9.95. The van der Waals surface area contributed by atoms with E-state index in [1.807, 2.05) is 0 Å². The van der Waals surface area contributed by atoms with Crippen molar-refractivity contribution >= 4 is 28.3 Å². The van der Waals surface area contributed by atoms with E-state index in [2.05, 4.69) is 9.97 Å². The fraction of sp³-hybridized carbons (Fsp3) is 0.0714. The van der Waals surface area contributed by atoms with E-state index in [4.69, 9.17) is 11.6 Å². The van der Waals surface area contributed by atoms with Crippen LogP contribution in [-0.4, -0.2) is 14.9 Å². The van der Waals surface area contributed by atoms with Gasteiger partial charge in [-0.25, -0.2) is 9.37 Å². The van der Waals surface area contributed by atoms with E-state index in [-0.39, 0.29) is 5.69 Å². The topological polar surface area (TPSA) is 71.8 Å². The number of hydrogen-bond donors (Lipinski definition) is 1. The number of nitrogens with one attached hydrogen (secondary N) is 1. The number of imidazole rings is 1. The smallest absolute Gasteiger partial charge is 0.275 e. The minimum absolute atomic E-state index is 0.275. The summed E-state index contributed by atoms with van der Waals surface area (Å²) in [6.45, 7) is 1.56. The van der Waals surface area contributed by atoms with Crippen molar-refractivity contribution in [3.63, 3.8) is 0 Å². The Labute approximate surface area is 123 Å². The molecule has 0 unspecified atom stereocenters. The second-order valence-electron chi connectivity index (χ2n) is 4.60. The van der Waals surface area contributed by atoms with Crippen LogP contribution in [0.4, 0.5) is 10.1 Å². The highest BCUT2D eigenvalue weighted by molar-refractivity contribution is 6.31. The van der Waals surface area contributed by atoms with Crippen molar-refractivity contribution in [1.29, 1.82) is 0 Å². The fourth-order valence-corrected chi connectivity index (χ4v) is 2.38. The van der Waals surface area contributed by atoms with E-state index in [0.717, 1.165) is 6.07 Å². The van der Waals surface area contributed by atoms with E-state index in [0.29, 0.717) is 33.0 Å². The van der Waals surface area contributed by atoms with Crippen LogP contribution in [0.3, 0.4) is 0 Å². The number of nitro groups is 1. The number of nitrogens with zero attached hydrogens (tertiary/aromatic N) is 2. The van der Waals surface area contributed by atoms with Gasteiger partial charge in [0.05, 0.1) is 22.0 Å². The molecule has 1 aromatic heterocycles. The van der Waals surface area contributed by atoms with Gasteiger partial charge in [-0.1, -0.05) is 11.6 Å². The van der Waals surface area contributed by atoms with Gasteiger partial charge in [0, 0.05) is 16.1 Å². The molecule has 0 radical (unpaired) electrons. The number of nitro benzene ring substituents is 1. The summed E-state index contributed by atoms with van der Waals surface area (Å²) < 4.78 is 13.6. The second kappa shape index (κ2) is 4.82. The third-order valence-electron chi connectivity index (χ3n) is 3.24. The molecule has 0 atom stereocenters. The summed E-state index contributed by atoms with van der Waals surface area (Å²) in [5, 5.41) is 11.5. The number of halogens is 2. The summed E-state index contributed by atoms with van der Waals surface area (Å²) in [5.74, 6) is -0.312. The molecule has 1 N–H and O–H groups in total. The van der Waals surface area contributed by atoms with Gasteiger partial charge in [0.1, 0.15) is 11.6 Å². The SMILES string of the molecule is Cc1c(-c2nc3ccc(Cl)cc3[nH]2)cc(F)cc1[N+](=O)[O-]. The van der Waals surface area contributed by atoms with Crippen molar-refractivity contribution in [2.45, 2.75) is 6.92 Å². The van der Waals surface area contributed by atoms with Crippen LogP contribution in [0.15, 0.2) is 30.3 Å². The zero-order valence-electron chi connectivity index (χ0n) is 10.9. The third-order valence-corrected chi connectivity index (χ3v) is 3.48. The number of H-pyrrole nitrogens is 1. The molecule has 7 heteroatoms. The van der Waals surface area contributed by atoms with E-state index in [1.165, 1.54) is 6.07 Å². The Morgan fingerprint density at radius 2 is 2.10 bits per heavy atom. The van der Waals surface area contributed by atoms with E-state index in [9.17, 15) is 14.5 Å². The van der Waals surface area contributed by atoms with Gasteiger partial charge in [-0.3, -0.25) is 10.1 Å². The lowest BCUT2D eigenvalue weighted by atomic mass is 10.1. The molecule has 0 aliphatic heterocycles. The Morgan fingerprint density at radius 3 is 2.81 bits per heavy atom. The van der Waals surface area contributed by atoms with Crippen molar-refractivity contribution in [3.05, 3.63) is 56.8 Å². The maximum Gasteiger partial charge on any atom is 0.275 e. The molecule has 0 aliphatic carbocycles. The molecule has 3 aromatic rings. The molecule has 0 saturated heterocycles. The Bertz CT molecular complexity index is 876. The molecule has 0 aliphatic rings. The summed E-state index contributed by atoms with van der Waals surface area (Å²) in [5.41, 5.74) is 1.77. The summed E-state index contributed by atoms with van der Waals surface area (Å²) in [7, 11) is 0. The van der Waals surface area contributed by atoms with Crippen LogP contribution in [0.5, 0.6) is 0 Å². The maximum atomic E-state index is 13.6. The molecule has 0 bridgehead atoms. The Hall–Kier alpha value is -2.47. The van der Waals surface area contributed by atoms with Crippen LogP contribution < -0.4 is 0 Å². The number of aromatic nitrogens is 2. The molecule has 5 nitrogen and oxygen atoms in total. The quantitative estimate of drug-likeness (QED) is 0.568. The first-order valence-corrected chi connectivity index (χ1v) is 6.43. The van der Waals surface area contributed by atoms with Gasteiger partial charge in [-0.05, 0) is 31.2 Å². The molecule has 0 fully saturated rings. The Balaban J connectivity index is 2.24. The predicted molar refractivity (Wildman–Crippen MR) is 77.9 cm³/mol. The first-order valence-electron chi connectivity index (χ1n) is 6.06. The normalized spacial score (nSPS) is 11.0. The molecule has 1 heterocycles. The zero-order valence-corrected chi connectivity index (χ0v) is 11.6. The van der Waals surface area contributed by atoms with E-state index >= 15 is 0 Å². The molecule has 106 valence electrons. The molecule has 21 heavy (non-hydrogen) atoms. The van der Waals surface area contributed by atoms with Crippen LogP contribution in [0.1, 0.15) is 5.56 Å². The van der Waals surface area contributed by atoms with Crippen molar-refractivity contribution in [2.24, 2.45) is 0 Å². The molecule has 0 amide bonds. The van der Waals surface area contributed by atoms with Gasteiger partial charge in [-0.2, -0.15) is 0 Å². The molecular weight excluding hydrogens is 297 g/mol. The molecule has 2 aromatic carbocycles. The van der Waals surface area contributed by atoms with Gasteiger partial charge < -0.3 is 4.98 Å². The van der Waals surface area contributed by atoms with Gasteiger partial charge in [0.25, 0.3) is 5.69 Å². The van der Waals surface area contributed by atoms with Gasteiger partial charge in [-0.15, -0.1) is 0 Å². The van der Waals surface area contributed by atoms with Crippen LogP contribution in [-0.2, 0) is 0 Å².